The minimum absolute atomic E-state index is 0.0535. The minimum atomic E-state index is -0.204. The second kappa shape index (κ2) is 5.74. The molecule has 1 aromatic carbocycles. The first-order chi connectivity index (χ1) is 13.1. The molecule has 3 bridgehead atoms. The fraction of sp³-hybridized carbons (Fsp3) is 0.591. The van der Waals surface area contributed by atoms with Crippen LogP contribution in [0.25, 0.3) is 0 Å². The normalized spacial score (nSPS) is 37.9. The maximum Gasteiger partial charge on any atom is 0.310 e. The highest BCUT2D eigenvalue weighted by atomic mass is 16.5. The van der Waals surface area contributed by atoms with Crippen LogP contribution in [0.5, 0.6) is 5.75 Å². The molecule has 0 aromatic heterocycles. The molecule has 1 aromatic rings. The number of piperidine rings is 2. The van der Waals surface area contributed by atoms with Gasteiger partial charge >= 0.3 is 5.97 Å². The van der Waals surface area contributed by atoms with Gasteiger partial charge in [0.2, 0.25) is 0 Å². The van der Waals surface area contributed by atoms with E-state index in [0.29, 0.717) is 12.1 Å². The molecule has 1 aliphatic carbocycles. The lowest BCUT2D eigenvalue weighted by Crippen LogP contribution is -2.72. The van der Waals surface area contributed by atoms with Gasteiger partial charge in [-0.25, -0.2) is 0 Å². The number of hydrogen-bond acceptors (Lipinski definition) is 5. The number of benzene rings is 1. The van der Waals surface area contributed by atoms with Gasteiger partial charge in [0.1, 0.15) is 5.75 Å². The summed E-state index contributed by atoms with van der Waals surface area (Å²) in [6.07, 6.45) is 4.27. The van der Waals surface area contributed by atoms with Crippen molar-refractivity contribution in [2.45, 2.75) is 37.3 Å². The molecule has 3 aliphatic heterocycles. The van der Waals surface area contributed by atoms with Gasteiger partial charge in [-0.05, 0) is 56.0 Å². The van der Waals surface area contributed by atoms with Crippen molar-refractivity contribution in [2.24, 2.45) is 11.8 Å². The lowest BCUT2D eigenvalue weighted by Gasteiger charge is -2.63. The van der Waals surface area contributed by atoms with Gasteiger partial charge in [-0.2, -0.15) is 0 Å². The van der Waals surface area contributed by atoms with Gasteiger partial charge in [-0.1, -0.05) is 11.6 Å². The summed E-state index contributed by atoms with van der Waals surface area (Å²) in [6.45, 7) is 4.13. The number of hydrogen-bond donors (Lipinski definition) is 0. The highest BCUT2D eigenvalue weighted by molar-refractivity contribution is 5.80. The van der Waals surface area contributed by atoms with E-state index >= 15 is 0 Å². The van der Waals surface area contributed by atoms with Crippen molar-refractivity contribution in [1.82, 2.24) is 4.90 Å². The number of carbonyl (C=O) groups is 1. The molecule has 4 aliphatic rings. The number of fused-ring (bicyclic) bond motifs is 2. The Bertz CT molecular complexity index is 835. The van der Waals surface area contributed by atoms with Crippen LogP contribution in [0.4, 0.5) is 5.69 Å². The van der Waals surface area contributed by atoms with E-state index in [9.17, 15) is 4.79 Å². The second-order valence-electron chi connectivity index (χ2n) is 8.47. The van der Waals surface area contributed by atoms with Crippen LogP contribution in [0, 0.1) is 11.8 Å². The van der Waals surface area contributed by atoms with E-state index < -0.39 is 0 Å². The zero-order valence-corrected chi connectivity index (χ0v) is 16.6. The minimum Gasteiger partial charge on any atom is -0.497 e. The average molecular weight is 368 g/mol. The Kier molecular flexibility index (Phi) is 3.64. The highest BCUT2D eigenvalue weighted by Gasteiger charge is 2.68. The molecule has 0 unspecified atom stereocenters. The smallest absolute Gasteiger partial charge is 0.310 e. The number of rotatable bonds is 2. The number of methoxy groups -OCH3 is 2. The molecule has 0 N–H and O–H groups in total. The Balaban J connectivity index is 1.78. The van der Waals surface area contributed by atoms with E-state index in [1.54, 1.807) is 14.2 Å². The quantitative estimate of drug-likeness (QED) is 0.593. The Hall–Kier alpha value is -2.01. The van der Waals surface area contributed by atoms with E-state index in [0.717, 1.165) is 31.7 Å². The van der Waals surface area contributed by atoms with Crippen molar-refractivity contribution in [3.63, 3.8) is 0 Å². The zero-order valence-electron chi connectivity index (χ0n) is 16.6. The summed E-state index contributed by atoms with van der Waals surface area (Å²) in [6, 6.07) is 7.17. The van der Waals surface area contributed by atoms with Crippen LogP contribution in [0.3, 0.4) is 0 Å². The van der Waals surface area contributed by atoms with Gasteiger partial charge in [-0.3, -0.25) is 9.69 Å². The number of nitrogens with zero attached hydrogens (tertiary/aromatic N) is 2. The maximum atomic E-state index is 13.2. The first-order valence-corrected chi connectivity index (χ1v) is 9.95. The standard InChI is InChI=1S/C22H28N2O3/c1-5-13-12-24-9-8-22-16-10-14(26-3)6-7-17(16)23(2)20(22)18(24)11-15(13)19(22)21(25)27-4/h5-7,10,15,18-20H,8-9,11-12H2,1-4H3/b13-5-/t15-,18-,19-,20-,22-/m0/s1. The fourth-order valence-corrected chi connectivity index (χ4v) is 6.82. The SMILES string of the molecule is C/C=C1/CN2CC[C@@]34c5cc(OC)ccc5N(C)[C@H]3[C@@H]2C[C@@H]1[C@H]4C(=O)OC. The van der Waals surface area contributed by atoms with E-state index in [-0.39, 0.29) is 23.2 Å². The maximum absolute atomic E-state index is 13.2. The lowest BCUT2D eigenvalue weighted by atomic mass is 9.50. The molecule has 2 saturated heterocycles. The van der Waals surface area contributed by atoms with E-state index in [4.69, 9.17) is 9.47 Å². The molecule has 1 saturated carbocycles. The monoisotopic (exact) mass is 368 g/mol. The molecule has 27 heavy (non-hydrogen) atoms. The second-order valence-corrected chi connectivity index (χ2v) is 8.47. The summed E-state index contributed by atoms with van der Waals surface area (Å²) in [5.41, 5.74) is 3.71. The van der Waals surface area contributed by atoms with Crippen LogP contribution < -0.4 is 9.64 Å². The molecular weight excluding hydrogens is 340 g/mol. The van der Waals surface area contributed by atoms with Crippen molar-refractivity contribution in [2.75, 3.05) is 39.3 Å². The van der Waals surface area contributed by atoms with E-state index in [1.807, 2.05) is 6.07 Å². The molecule has 0 spiro atoms. The van der Waals surface area contributed by atoms with Gasteiger partial charge in [0.15, 0.2) is 0 Å². The molecule has 5 nitrogen and oxygen atoms in total. The van der Waals surface area contributed by atoms with Gasteiger partial charge in [0, 0.05) is 30.7 Å². The molecule has 0 radical (unpaired) electrons. The fourth-order valence-electron chi connectivity index (χ4n) is 6.82. The topological polar surface area (TPSA) is 42.0 Å². The number of likely N-dealkylation sites (N-methyl/N-ethyl adjacent to an activating group) is 1. The first-order valence-electron chi connectivity index (χ1n) is 9.95. The summed E-state index contributed by atoms with van der Waals surface area (Å²) in [7, 11) is 5.45. The largest absolute Gasteiger partial charge is 0.497 e. The van der Waals surface area contributed by atoms with Crippen molar-refractivity contribution in [3.8, 4) is 5.75 Å². The zero-order chi connectivity index (χ0) is 18.9. The van der Waals surface area contributed by atoms with Crippen LogP contribution >= 0.6 is 0 Å². The van der Waals surface area contributed by atoms with Gasteiger partial charge < -0.3 is 14.4 Å². The van der Waals surface area contributed by atoms with Crippen LogP contribution in [0.1, 0.15) is 25.3 Å². The van der Waals surface area contributed by atoms with Gasteiger partial charge in [-0.15, -0.1) is 0 Å². The lowest BCUT2D eigenvalue weighted by molar-refractivity contribution is -0.158. The third-order valence-electron chi connectivity index (χ3n) is 7.82. The van der Waals surface area contributed by atoms with Gasteiger partial charge in [0.05, 0.1) is 26.2 Å². The number of allylic oxidation sites excluding steroid dienone is 1. The summed E-state index contributed by atoms with van der Waals surface area (Å²) < 4.78 is 11.0. The summed E-state index contributed by atoms with van der Waals surface area (Å²) in [5.74, 6) is 0.950. The Morgan fingerprint density at radius 2 is 2.15 bits per heavy atom. The summed E-state index contributed by atoms with van der Waals surface area (Å²) in [5, 5.41) is 0. The van der Waals surface area contributed by atoms with Gasteiger partial charge in [0.25, 0.3) is 0 Å². The van der Waals surface area contributed by atoms with E-state index in [2.05, 4.69) is 42.0 Å². The Morgan fingerprint density at radius 3 is 2.85 bits per heavy atom. The predicted octanol–water partition coefficient (Wildman–Crippen LogP) is 2.59. The summed E-state index contributed by atoms with van der Waals surface area (Å²) >= 11 is 0. The average Bonchev–Trinajstić information content (AvgIpc) is 2.96. The molecular formula is C22H28N2O3. The van der Waals surface area contributed by atoms with E-state index in [1.165, 1.54) is 16.8 Å². The number of anilines is 1. The molecule has 5 atom stereocenters. The molecule has 3 fully saturated rings. The van der Waals surface area contributed by atoms with Crippen molar-refractivity contribution < 1.29 is 14.3 Å². The molecule has 3 heterocycles. The molecule has 5 heteroatoms. The predicted molar refractivity (Wildman–Crippen MR) is 104 cm³/mol. The Morgan fingerprint density at radius 1 is 1.33 bits per heavy atom. The molecule has 0 amide bonds. The van der Waals surface area contributed by atoms with Crippen molar-refractivity contribution in [3.05, 3.63) is 35.4 Å². The molecule has 5 rings (SSSR count). The van der Waals surface area contributed by atoms with Crippen LogP contribution in [0.2, 0.25) is 0 Å². The van der Waals surface area contributed by atoms with Crippen molar-refractivity contribution >= 4 is 11.7 Å². The number of ether oxygens (including phenoxy) is 2. The van der Waals surface area contributed by atoms with Crippen molar-refractivity contribution in [1.29, 1.82) is 0 Å². The molecule has 144 valence electrons. The van der Waals surface area contributed by atoms with Crippen LogP contribution in [-0.4, -0.2) is 57.3 Å². The summed E-state index contributed by atoms with van der Waals surface area (Å²) in [4.78, 5) is 18.3. The highest BCUT2D eigenvalue weighted by Crippen LogP contribution is 2.63. The third-order valence-corrected chi connectivity index (χ3v) is 7.82. The first kappa shape index (κ1) is 17.1. The third kappa shape index (κ3) is 1.96. The number of esters is 1. The van der Waals surface area contributed by atoms with Crippen LogP contribution in [-0.2, 0) is 14.9 Å². The number of carbonyl (C=O) groups excluding carboxylic acids is 1. The Labute approximate surface area is 160 Å². The van der Waals surface area contributed by atoms with Crippen LogP contribution in [0.15, 0.2) is 29.8 Å².